The Hall–Kier alpha value is -2.25. The van der Waals surface area contributed by atoms with Gasteiger partial charge in [-0.05, 0) is 42.3 Å². The fourth-order valence-electron chi connectivity index (χ4n) is 2.93. The van der Waals surface area contributed by atoms with Gasteiger partial charge in [-0.2, -0.15) is 0 Å². The van der Waals surface area contributed by atoms with Crippen molar-refractivity contribution < 1.29 is 17.9 Å². The Bertz CT molecular complexity index is 945. The zero-order valence-corrected chi connectivity index (χ0v) is 16.7. The van der Waals surface area contributed by atoms with Crippen LogP contribution in [0.5, 0.6) is 5.75 Å². The topological polar surface area (TPSA) is 75.7 Å². The summed E-state index contributed by atoms with van der Waals surface area (Å²) in [6.45, 7) is 2.18. The van der Waals surface area contributed by atoms with E-state index in [1.807, 2.05) is 24.3 Å². The fraction of sp³-hybridized carbons (Fsp3) is 0.316. The van der Waals surface area contributed by atoms with Gasteiger partial charge >= 0.3 is 0 Å². The van der Waals surface area contributed by atoms with Crippen LogP contribution in [-0.2, 0) is 21.2 Å². The molecule has 0 radical (unpaired) electrons. The van der Waals surface area contributed by atoms with Gasteiger partial charge in [0.05, 0.1) is 11.9 Å². The quantitative estimate of drug-likeness (QED) is 0.840. The molecule has 1 amide bonds. The first-order chi connectivity index (χ1) is 12.8. The number of nitrogens with zero attached hydrogens (tertiary/aromatic N) is 1. The van der Waals surface area contributed by atoms with Crippen LogP contribution in [0.4, 0.5) is 11.4 Å². The van der Waals surface area contributed by atoms with Crippen molar-refractivity contribution in [3.8, 4) is 5.75 Å². The van der Waals surface area contributed by atoms with Crippen LogP contribution in [0.25, 0.3) is 0 Å². The lowest BCUT2D eigenvalue weighted by Crippen LogP contribution is -2.35. The molecule has 27 heavy (non-hydrogen) atoms. The molecule has 0 fully saturated rings. The molecule has 1 N–H and O–H groups in total. The number of sulfonamides is 1. The molecule has 0 saturated heterocycles. The van der Waals surface area contributed by atoms with Gasteiger partial charge in [-0.3, -0.25) is 9.10 Å². The molecular formula is C19H21ClN2O4S. The highest BCUT2D eigenvalue weighted by molar-refractivity contribution is 7.92. The van der Waals surface area contributed by atoms with E-state index in [0.29, 0.717) is 22.1 Å². The summed E-state index contributed by atoms with van der Waals surface area (Å²) in [6, 6.07) is 12.3. The molecule has 6 nitrogen and oxygen atoms in total. The predicted molar refractivity (Wildman–Crippen MR) is 107 cm³/mol. The molecule has 144 valence electrons. The van der Waals surface area contributed by atoms with E-state index in [4.69, 9.17) is 16.3 Å². The summed E-state index contributed by atoms with van der Waals surface area (Å²) in [5, 5.41) is 3.22. The third-order valence-electron chi connectivity index (χ3n) is 4.38. The maximum Gasteiger partial charge on any atom is 0.265 e. The molecule has 1 aliphatic rings. The summed E-state index contributed by atoms with van der Waals surface area (Å²) >= 11 is 6.02. The SMILES string of the molecule is CCc1ccc(NC(=O)C2CCN(S(C)(=O)=O)c3cc(Cl)ccc3O2)cc1. The van der Waals surface area contributed by atoms with Gasteiger partial charge in [0.15, 0.2) is 6.10 Å². The molecule has 1 atom stereocenters. The van der Waals surface area contributed by atoms with Gasteiger partial charge in [-0.1, -0.05) is 30.7 Å². The highest BCUT2D eigenvalue weighted by Crippen LogP contribution is 2.36. The highest BCUT2D eigenvalue weighted by atomic mass is 35.5. The lowest BCUT2D eigenvalue weighted by atomic mass is 10.1. The first-order valence-electron chi connectivity index (χ1n) is 8.61. The van der Waals surface area contributed by atoms with E-state index in [2.05, 4.69) is 12.2 Å². The Labute approximate surface area is 164 Å². The number of ether oxygens (including phenoxy) is 1. The standard InChI is InChI=1S/C19H21ClN2O4S/c1-3-13-4-7-15(8-5-13)21-19(23)18-10-11-22(27(2,24)25)16-12-14(20)6-9-17(16)26-18/h4-9,12,18H,3,10-11H2,1-2H3,(H,21,23). The normalized spacial score (nSPS) is 16.9. The molecule has 1 aliphatic heterocycles. The van der Waals surface area contributed by atoms with Crippen LogP contribution >= 0.6 is 11.6 Å². The van der Waals surface area contributed by atoms with E-state index in [-0.39, 0.29) is 18.9 Å². The minimum Gasteiger partial charge on any atom is -0.478 e. The summed E-state index contributed by atoms with van der Waals surface area (Å²) < 4.78 is 31.4. The molecular weight excluding hydrogens is 388 g/mol. The molecule has 1 heterocycles. The number of rotatable bonds is 4. The van der Waals surface area contributed by atoms with E-state index in [1.54, 1.807) is 12.1 Å². The summed E-state index contributed by atoms with van der Waals surface area (Å²) in [4.78, 5) is 12.7. The number of halogens is 1. The van der Waals surface area contributed by atoms with Gasteiger partial charge in [0.25, 0.3) is 5.91 Å². The molecule has 2 aromatic carbocycles. The zero-order chi connectivity index (χ0) is 19.6. The first-order valence-corrected chi connectivity index (χ1v) is 10.8. The van der Waals surface area contributed by atoms with E-state index >= 15 is 0 Å². The third kappa shape index (κ3) is 4.54. The van der Waals surface area contributed by atoms with Crippen LogP contribution < -0.4 is 14.4 Å². The Kier molecular flexibility index (Phi) is 5.62. The van der Waals surface area contributed by atoms with Gasteiger partial charge in [-0.25, -0.2) is 8.42 Å². The average Bonchev–Trinajstić information content (AvgIpc) is 2.81. The number of hydrogen-bond acceptors (Lipinski definition) is 4. The van der Waals surface area contributed by atoms with Crippen LogP contribution in [0.1, 0.15) is 18.9 Å². The second-order valence-corrected chi connectivity index (χ2v) is 8.73. The minimum atomic E-state index is -3.53. The molecule has 0 saturated carbocycles. The molecule has 0 spiro atoms. The van der Waals surface area contributed by atoms with Crippen molar-refractivity contribution in [2.75, 3.05) is 22.4 Å². The molecule has 1 unspecified atom stereocenters. The van der Waals surface area contributed by atoms with Crippen molar-refractivity contribution >= 4 is 38.9 Å². The second-order valence-electron chi connectivity index (χ2n) is 6.38. The van der Waals surface area contributed by atoms with Gasteiger partial charge in [0.1, 0.15) is 5.75 Å². The largest absolute Gasteiger partial charge is 0.478 e. The van der Waals surface area contributed by atoms with E-state index in [0.717, 1.165) is 12.7 Å². The number of carbonyl (C=O) groups excluding carboxylic acids is 1. The number of nitrogens with one attached hydrogen (secondary N) is 1. The minimum absolute atomic E-state index is 0.124. The predicted octanol–water partition coefficient (Wildman–Crippen LogP) is 3.46. The number of aryl methyl sites for hydroxylation is 1. The number of hydrogen-bond donors (Lipinski definition) is 1. The van der Waals surface area contributed by atoms with Crippen LogP contribution in [0.15, 0.2) is 42.5 Å². The molecule has 0 aliphatic carbocycles. The molecule has 0 aromatic heterocycles. The maximum atomic E-state index is 12.7. The lowest BCUT2D eigenvalue weighted by molar-refractivity contribution is -0.122. The zero-order valence-electron chi connectivity index (χ0n) is 15.1. The Morgan fingerprint density at radius 2 is 1.96 bits per heavy atom. The molecule has 8 heteroatoms. The van der Waals surface area contributed by atoms with Crippen LogP contribution in [0.3, 0.4) is 0 Å². The Morgan fingerprint density at radius 1 is 1.26 bits per heavy atom. The summed E-state index contributed by atoms with van der Waals surface area (Å²) in [6.07, 6.45) is 1.44. The maximum absolute atomic E-state index is 12.7. The molecule has 3 rings (SSSR count). The number of fused-ring (bicyclic) bond motifs is 1. The van der Waals surface area contributed by atoms with Crippen molar-refractivity contribution in [3.05, 3.63) is 53.1 Å². The summed E-state index contributed by atoms with van der Waals surface area (Å²) in [5.41, 5.74) is 2.18. The van der Waals surface area contributed by atoms with Crippen molar-refractivity contribution in [2.45, 2.75) is 25.9 Å². The van der Waals surface area contributed by atoms with Gasteiger partial charge in [0.2, 0.25) is 10.0 Å². The molecule has 2 aromatic rings. The van der Waals surface area contributed by atoms with Crippen LogP contribution in [0.2, 0.25) is 5.02 Å². The van der Waals surface area contributed by atoms with E-state index in [1.165, 1.54) is 15.9 Å². The Morgan fingerprint density at radius 3 is 2.59 bits per heavy atom. The van der Waals surface area contributed by atoms with Crippen LogP contribution in [0, 0.1) is 0 Å². The smallest absolute Gasteiger partial charge is 0.265 e. The number of anilines is 2. The Balaban J connectivity index is 1.83. The van der Waals surface area contributed by atoms with E-state index < -0.39 is 16.1 Å². The lowest BCUT2D eigenvalue weighted by Gasteiger charge is -2.21. The highest BCUT2D eigenvalue weighted by Gasteiger charge is 2.31. The molecule has 0 bridgehead atoms. The van der Waals surface area contributed by atoms with Crippen LogP contribution in [-0.4, -0.2) is 33.2 Å². The van der Waals surface area contributed by atoms with Crippen molar-refractivity contribution in [1.29, 1.82) is 0 Å². The van der Waals surface area contributed by atoms with Gasteiger partial charge in [0, 0.05) is 23.7 Å². The van der Waals surface area contributed by atoms with Gasteiger partial charge < -0.3 is 10.1 Å². The summed E-state index contributed by atoms with van der Waals surface area (Å²) in [5.74, 6) is -0.0145. The summed E-state index contributed by atoms with van der Waals surface area (Å²) in [7, 11) is -3.53. The second kappa shape index (κ2) is 7.78. The third-order valence-corrected chi connectivity index (χ3v) is 5.79. The van der Waals surface area contributed by atoms with Gasteiger partial charge in [-0.15, -0.1) is 0 Å². The number of benzene rings is 2. The van der Waals surface area contributed by atoms with E-state index in [9.17, 15) is 13.2 Å². The van der Waals surface area contributed by atoms with Crippen molar-refractivity contribution in [1.82, 2.24) is 0 Å². The monoisotopic (exact) mass is 408 g/mol. The number of amides is 1. The number of carbonyl (C=O) groups is 1. The fourth-order valence-corrected chi connectivity index (χ4v) is 4.03. The average molecular weight is 409 g/mol. The first kappa shape index (κ1) is 19.5. The van der Waals surface area contributed by atoms with Crippen molar-refractivity contribution in [3.63, 3.8) is 0 Å². The van der Waals surface area contributed by atoms with Crippen molar-refractivity contribution in [2.24, 2.45) is 0 Å².